The van der Waals surface area contributed by atoms with Crippen LogP contribution in [-0.2, 0) is 14.4 Å². The van der Waals surface area contributed by atoms with Crippen LogP contribution in [0.25, 0.3) is 5.65 Å². The Morgan fingerprint density at radius 3 is 2.79 bits per heavy atom. The minimum absolute atomic E-state index is 0.0240. The summed E-state index contributed by atoms with van der Waals surface area (Å²) in [5, 5.41) is 16.1. The van der Waals surface area contributed by atoms with Crippen molar-refractivity contribution >= 4 is 87.7 Å². The number of nitrogen functional groups attached to an aromatic ring is 1. The van der Waals surface area contributed by atoms with Crippen LogP contribution in [0.3, 0.4) is 0 Å². The molecule has 2 atom stereocenters. The van der Waals surface area contributed by atoms with Crippen LogP contribution < -0.4 is 15.6 Å². The highest BCUT2D eigenvalue weighted by atomic mass is 35.5. The first-order chi connectivity index (χ1) is 18.7. The fraction of sp³-hybridized carbons (Fsp3) is 0.227. The molecule has 0 aromatic carbocycles. The van der Waals surface area contributed by atoms with Crippen molar-refractivity contribution in [3.63, 3.8) is 0 Å². The van der Waals surface area contributed by atoms with Gasteiger partial charge in [-0.05, 0) is 29.5 Å². The van der Waals surface area contributed by atoms with E-state index in [1.165, 1.54) is 46.5 Å². The third-order valence-corrected chi connectivity index (χ3v) is 9.11. The number of aromatic nitrogens is 5. The molecular weight excluding hydrogens is 607 g/mol. The van der Waals surface area contributed by atoms with E-state index < -0.39 is 23.3 Å². The van der Waals surface area contributed by atoms with Gasteiger partial charge in [0.05, 0.1) is 11.8 Å². The minimum Gasteiger partial charge on any atom is -0.477 e. The molecule has 1 fully saturated rings. The molecule has 0 aliphatic carbocycles. The number of nitrogens with zero attached hydrogens (tertiary/aromatic N) is 5. The van der Waals surface area contributed by atoms with Gasteiger partial charge in [0.25, 0.3) is 11.6 Å². The predicted molar refractivity (Wildman–Crippen MR) is 148 cm³/mol. The van der Waals surface area contributed by atoms with Crippen molar-refractivity contribution in [3.8, 4) is 0 Å². The number of nitrogens with two attached hydrogens (primary N) is 1. The summed E-state index contributed by atoms with van der Waals surface area (Å²) in [5.41, 5.74) is 6.88. The number of halogens is 2. The molecule has 0 bridgehead atoms. The van der Waals surface area contributed by atoms with E-state index in [4.69, 9.17) is 28.9 Å². The number of anilines is 1. The second-order valence-electron chi connectivity index (χ2n) is 8.13. The van der Waals surface area contributed by atoms with Crippen molar-refractivity contribution in [1.29, 1.82) is 0 Å². The molecule has 5 heterocycles. The first-order valence-corrected chi connectivity index (χ1v) is 15.0. The van der Waals surface area contributed by atoms with E-state index in [0.29, 0.717) is 38.6 Å². The topological polar surface area (TPSA) is 171 Å². The lowest BCUT2D eigenvalue weighted by molar-refractivity contribution is -0.622. The van der Waals surface area contributed by atoms with Crippen molar-refractivity contribution < 1.29 is 24.0 Å². The number of carboxylic acid groups (broad SMARTS) is 1. The maximum Gasteiger partial charge on any atom is 0.352 e. The van der Waals surface area contributed by atoms with Crippen LogP contribution in [0, 0.1) is 0 Å². The van der Waals surface area contributed by atoms with Crippen molar-refractivity contribution in [2.75, 3.05) is 23.0 Å². The number of carbonyl (C=O) groups is 3. The zero-order valence-electron chi connectivity index (χ0n) is 19.7. The molecule has 5 N–H and O–H groups in total. The quantitative estimate of drug-likeness (QED) is 0.0901. The molecular formula is C22H19Cl2N8O4S3+. The third-order valence-electron chi connectivity index (χ3n) is 5.56. The number of nitrogens with one attached hydrogen (secondary N) is 2. The first kappa shape index (κ1) is 27.6. The molecule has 0 saturated carbocycles. The number of amides is 2. The number of aromatic amines is 1. The van der Waals surface area contributed by atoms with Crippen molar-refractivity contribution in [3.05, 3.63) is 58.3 Å². The van der Waals surface area contributed by atoms with E-state index >= 15 is 0 Å². The highest BCUT2D eigenvalue weighted by Crippen LogP contribution is 2.40. The van der Waals surface area contributed by atoms with Crippen molar-refractivity contribution in [2.24, 2.45) is 0 Å². The van der Waals surface area contributed by atoms with Gasteiger partial charge in [-0.1, -0.05) is 45.3 Å². The summed E-state index contributed by atoms with van der Waals surface area (Å²) in [6.07, 6.45) is 5.03. The molecule has 3 aromatic rings. The number of carbonyl (C=O) groups excluding carboxylic acids is 2. The molecule has 2 aliphatic rings. The zero-order chi connectivity index (χ0) is 27.7. The lowest BCUT2D eigenvalue weighted by Gasteiger charge is -2.49. The summed E-state index contributed by atoms with van der Waals surface area (Å²) in [7, 11) is 0. The monoisotopic (exact) mass is 625 g/mol. The van der Waals surface area contributed by atoms with E-state index in [1.807, 2.05) is 0 Å². The van der Waals surface area contributed by atoms with Gasteiger partial charge in [-0.3, -0.25) is 14.5 Å². The lowest BCUT2D eigenvalue weighted by atomic mass is 10.0. The van der Waals surface area contributed by atoms with Crippen LogP contribution in [0.1, 0.15) is 0 Å². The Hall–Kier alpha value is -2.98. The van der Waals surface area contributed by atoms with E-state index in [9.17, 15) is 19.5 Å². The Bertz CT molecular complexity index is 1530. The number of fused-ring (bicyclic) bond motifs is 2. The van der Waals surface area contributed by atoms with Gasteiger partial charge in [0.1, 0.15) is 27.4 Å². The molecule has 12 nitrogen and oxygen atoms in total. The Morgan fingerprint density at radius 1 is 1.28 bits per heavy atom. The van der Waals surface area contributed by atoms with Crippen molar-refractivity contribution in [2.45, 2.75) is 21.5 Å². The summed E-state index contributed by atoms with van der Waals surface area (Å²) < 4.78 is 1.69. The fourth-order valence-electron chi connectivity index (χ4n) is 3.93. The normalized spacial score (nSPS) is 18.9. The molecule has 39 heavy (non-hydrogen) atoms. The third kappa shape index (κ3) is 5.96. The highest BCUT2D eigenvalue weighted by Gasteiger charge is 2.53. The number of β-lactam (4-membered cyclic amide) rings is 1. The summed E-state index contributed by atoms with van der Waals surface area (Å²) in [4.78, 5) is 51.7. The fourth-order valence-corrected chi connectivity index (χ4v) is 7.39. The summed E-state index contributed by atoms with van der Waals surface area (Å²) in [6.45, 7) is 0. The second kappa shape index (κ2) is 11.6. The number of hydrogen-bond acceptors (Lipinski definition) is 10. The summed E-state index contributed by atoms with van der Waals surface area (Å²) >= 11 is 15.7. The summed E-state index contributed by atoms with van der Waals surface area (Å²) in [6, 6.07) is 3.99. The molecule has 0 radical (unpaired) electrons. The van der Waals surface area contributed by atoms with E-state index in [2.05, 4.69) is 25.4 Å². The Kier molecular flexibility index (Phi) is 8.23. The number of thioether (sulfide) groups is 3. The number of pyridine rings is 1. The predicted octanol–water partition coefficient (Wildman–Crippen LogP) is 2.01. The average molecular weight is 627 g/mol. The largest absolute Gasteiger partial charge is 0.477 e. The van der Waals surface area contributed by atoms with Crippen LogP contribution in [0.5, 0.6) is 0 Å². The standard InChI is InChI=1S/C22H18Cl2N8O4S3/c23-12-4-11(5-13(24)28-12)38-8-16(33)30-17-19(34)31-18(21(35)36)10(7-39-20(17)31)2-1-3-37-22-29-14(25)6-15-26-9-27-32(15)22/h1-2,4-6,9,17,20H,3,7-8H2,(H4,25,26,27,30,33,35,36)/p+1/t17-,20-/m1/s1. The number of rotatable bonds is 9. The van der Waals surface area contributed by atoms with E-state index in [-0.39, 0.29) is 27.7 Å². The molecule has 17 heteroatoms. The molecule has 2 aliphatic heterocycles. The van der Waals surface area contributed by atoms with Gasteiger partial charge < -0.3 is 16.2 Å². The Morgan fingerprint density at radius 2 is 2.05 bits per heavy atom. The maximum atomic E-state index is 12.9. The minimum atomic E-state index is -1.21. The van der Waals surface area contributed by atoms with Gasteiger partial charge in [-0.15, -0.1) is 28.0 Å². The number of H-pyrrole nitrogens is 1. The number of aliphatic carboxylic acids is 1. The van der Waals surface area contributed by atoms with E-state index in [0.717, 1.165) is 0 Å². The molecule has 1 saturated heterocycles. The van der Waals surface area contributed by atoms with Crippen molar-refractivity contribution in [1.82, 2.24) is 30.3 Å². The molecule has 5 rings (SSSR count). The van der Waals surface area contributed by atoms with Gasteiger partial charge in [0, 0.05) is 16.4 Å². The van der Waals surface area contributed by atoms with Crippen LogP contribution in [0.2, 0.25) is 10.3 Å². The van der Waals surface area contributed by atoms with Gasteiger partial charge in [0.15, 0.2) is 6.33 Å². The zero-order valence-corrected chi connectivity index (χ0v) is 23.7. The number of allylic oxidation sites excluding steroid dienone is 1. The molecule has 2 amide bonds. The maximum absolute atomic E-state index is 12.9. The smallest absolute Gasteiger partial charge is 0.352 e. The first-order valence-electron chi connectivity index (χ1n) is 11.2. The Balaban J connectivity index is 1.21. The van der Waals surface area contributed by atoms with Crippen LogP contribution in [0.4, 0.5) is 5.82 Å². The number of hydrogen-bond donors (Lipinski definition) is 4. The molecule has 0 unspecified atom stereocenters. The van der Waals surface area contributed by atoms with Crippen LogP contribution in [-0.4, -0.2) is 76.5 Å². The van der Waals surface area contributed by atoms with E-state index in [1.54, 1.807) is 34.9 Å². The second-order valence-corrected chi connectivity index (χ2v) is 12.0. The molecule has 0 spiro atoms. The average Bonchev–Trinajstić information content (AvgIpc) is 3.36. The molecule has 3 aromatic heterocycles. The summed E-state index contributed by atoms with van der Waals surface area (Å²) in [5.74, 6) is -0.855. The Labute approximate surface area is 243 Å². The van der Waals surface area contributed by atoms with Crippen LogP contribution >= 0.6 is 58.5 Å². The van der Waals surface area contributed by atoms with Gasteiger partial charge in [-0.2, -0.15) is 0 Å². The van der Waals surface area contributed by atoms with Gasteiger partial charge in [0.2, 0.25) is 11.7 Å². The van der Waals surface area contributed by atoms with Gasteiger partial charge in [-0.25, -0.2) is 14.9 Å². The van der Waals surface area contributed by atoms with Gasteiger partial charge >= 0.3 is 11.1 Å². The highest BCUT2D eigenvalue weighted by molar-refractivity contribution is 8.00. The van der Waals surface area contributed by atoms with Crippen LogP contribution in [0.15, 0.2) is 58.0 Å². The SMILES string of the molecule is Nc1cc2nc[nH][n+]2c(SCC=CC2=C(C(=O)O)N3C(=O)[C@@H](NC(=O)CSc4cc(Cl)nc(Cl)c4)[C@H]3SC2)n1. The number of carboxylic acids is 1. The lowest BCUT2D eigenvalue weighted by Crippen LogP contribution is -2.70. The molecule has 202 valence electrons.